The maximum atomic E-state index is 11.7. The first-order valence-electron chi connectivity index (χ1n) is 5.75. The van der Waals surface area contributed by atoms with Gasteiger partial charge in [0.25, 0.3) is 5.69 Å². The van der Waals surface area contributed by atoms with Crippen LogP contribution in [0.1, 0.15) is 23.2 Å². The molecule has 1 aliphatic rings. The van der Waals surface area contributed by atoms with Crippen LogP contribution in [0.3, 0.4) is 0 Å². The number of ether oxygens (including phenoxy) is 1. The van der Waals surface area contributed by atoms with Gasteiger partial charge in [0, 0.05) is 12.1 Å². The van der Waals surface area contributed by atoms with Crippen molar-refractivity contribution < 1.29 is 14.5 Å². The van der Waals surface area contributed by atoms with Crippen LogP contribution >= 0.6 is 12.4 Å². The predicted octanol–water partition coefficient (Wildman–Crippen LogP) is 1.91. The van der Waals surface area contributed by atoms with Crippen molar-refractivity contribution in [3.63, 3.8) is 0 Å². The molecule has 0 saturated heterocycles. The second-order valence-electron chi connectivity index (χ2n) is 4.40. The topological polar surface area (TPSA) is 95.5 Å². The van der Waals surface area contributed by atoms with Gasteiger partial charge in [-0.3, -0.25) is 10.1 Å². The third kappa shape index (κ3) is 3.65. The molecule has 0 radical (unpaired) electrons. The van der Waals surface area contributed by atoms with Gasteiger partial charge in [0.15, 0.2) is 0 Å². The van der Waals surface area contributed by atoms with Crippen molar-refractivity contribution in [2.45, 2.75) is 18.9 Å². The van der Waals surface area contributed by atoms with Crippen LogP contribution in [0.4, 0.5) is 5.69 Å². The molecule has 1 aliphatic carbocycles. The number of nitro groups is 1. The molecule has 0 spiro atoms. The van der Waals surface area contributed by atoms with E-state index in [0.717, 1.165) is 12.8 Å². The van der Waals surface area contributed by atoms with Crippen LogP contribution in [0.25, 0.3) is 0 Å². The van der Waals surface area contributed by atoms with Crippen molar-refractivity contribution in [2.75, 3.05) is 6.54 Å². The number of nitro benzene ring substituents is 1. The Balaban J connectivity index is 0.00000180. The lowest BCUT2D eigenvalue weighted by Crippen LogP contribution is -2.37. The zero-order valence-electron chi connectivity index (χ0n) is 10.2. The minimum absolute atomic E-state index is 0. The van der Waals surface area contributed by atoms with Crippen molar-refractivity contribution in [1.82, 2.24) is 0 Å². The summed E-state index contributed by atoms with van der Waals surface area (Å²) in [4.78, 5) is 21.7. The van der Waals surface area contributed by atoms with Gasteiger partial charge in [0.1, 0.15) is 6.10 Å². The lowest BCUT2D eigenvalue weighted by atomic mass is 9.82. The number of halogens is 1. The Kier molecular flexibility index (Phi) is 5.26. The van der Waals surface area contributed by atoms with E-state index in [1.165, 1.54) is 24.3 Å². The molecule has 104 valence electrons. The van der Waals surface area contributed by atoms with Crippen molar-refractivity contribution in [3.05, 3.63) is 39.9 Å². The maximum Gasteiger partial charge on any atom is 0.338 e. The van der Waals surface area contributed by atoms with Gasteiger partial charge in [-0.1, -0.05) is 0 Å². The average Bonchev–Trinajstić information content (AvgIpc) is 2.33. The average molecular weight is 287 g/mol. The molecule has 2 rings (SSSR count). The summed E-state index contributed by atoms with van der Waals surface area (Å²) in [6.45, 7) is 0.617. The highest BCUT2D eigenvalue weighted by molar-refractivity contribution is 5.89. The predicted molar refractivity (Wildman–Crippen MR) is 71.3 cm³/mol. The number of nitrogens with two attached hydrogens (primary N) is 1. The van der Waals surface area contributed by atoms with E-state index in [2.05, 4.69) is 0 Å². The molecule has 1 saturated carbocycles. The largest absolute Gasteiger partial charge is 0.459 e. The zero-order chi connectivity index (χ0) is 13.1. The van der Waals surface area contributed by atoms with Crippen LogP contribution < -0.4 is 5.73 Å². The molecule has 0 aliphatic heterocycles. The van der Waals surface area contributed by atoms with E-state index in [1.54, 1.807) is 0 Å². The van der Waals surface area contributed by atoms with Gasteiger partial charge in [0.05, 0.1) is 10.5 Å². The van der Waals surface area contributed by atoms with Crippen molar-refractivity contribution in [3.8, 4) is 0 Å². The summed E-state index contributed by atoms with van der Waals surface area (Å²) in [5.74, 6) is 0.00466. The first-order chi connectivity index (χ1) is 8.60. The third-order valence-electron chi connectivity index (χ3n) is 3.11. The molecule has 0 atom stereocenters. The lowest BCUT2D eigenvalue weighted by molar-refractivity contribution is -0.384. The Labute approximate surface area is 116 Å². The number of hydrogen-bond acceptors (Lipinski definition) is 5. The van der Waals surface area contributed by atoms with Crippen LogP contribution in [0.5, 0.6) is 0 Å². The van der Waals surface area contributed by atoms with Gasteiger partial charge in [-0.2, -0.15) is 0 Å². The lowest BCUT2D eigenvalue weighted by Gasteiger charge is -2.33. The van der Waals surface area contributed by atoms with Crippen LogP contribution in [0, 0.1) is 16.0 Å². The van der Waals surface area contributed by atoms with E-state index in [0.29, 0.717) is 18.0 Å². The minimum atomic E-state index is -0.507. The summed E-state index contributed by atoms with van der Waals surface area (Å²) in [7, 11) is 0. The number of nitrogens with zero attached hydrogens (tertiary/aromatic N) is 1. The van der Waals surface area contributed by atoms with Crippen LogP contribution in [0.15, 0.2) is 24.3 Å². The number of esters is 1. The Morgan fingerprint density at radius 3 is 2.42 bits per heavy atom. The zero-order valence-corrected chi connectivity index (χ0v) is 11.0. The molecule has 1 aromatic carbocycles. The Bertz CT molecular complexity index is 457. The smallest absolute Gasteiger partial charge is 0.338 e. The molecule has 0 amide bonds. The van der Waals surface area contributed by atoms with E-state index < -0.39 is 10.9 Å². The summed E-state index contributed by atoms with van der Waals surface area (Å²) in [6.07, 6.45) is 1.53. The molecule has 0 heterocycles. The molecular formula is C12H15ClN2O4. The van der Waals surface area contributed by atoms with E-state index in [9.17, 15) is 14.9 Å². The molecule has 19 heavy (non-hydrogen) atoms. The van der Waals surface area contributed by atoms with Gasteiger partial charge in [-0.15, -0.1) is 12.4 Å². The standard InChI is InChI=1S/C12H14N2O4.ClH/c13-7-8-5-11(6-8)18-12(15)9-1-3-10(4-2-9)14(16)17;/h1-4,8,11H,5-7,13H2;1H. The molecule has 1 fully saturated rings. The molecule has 7 heteroatoms. The van der Waals surface area contributed by atoms with E-state index >= 15 is 0 Å². The molecule has 0 aromatic heterocycles. The van der Waals surface area contributed by atoms with Gasteiger partial charge in [-0.25, -0.2) is 4.79 Å². The summed E-state index contributed by atoms with van der Waals surface area (Å²) in [5, 5.41) is 10.5. The first kappa shape index (κ1) is 15.4. The number of benzene rings is 1. The molecular weight excluding hydrogens is 272 g/mol. The fraction of sp³-hybridized carbons (Fsp3) is 0.417. The number of rotatable bonds is 4. The molecule has 6 nitrogen and oxygen atoms in total. The molecule has 0 bridgehead atoms. The maximum absolute atomic E-state index is 11.7. The highest BCUT2D eigenvalue weighted by Crippen LogP contribution is 2.29. The van der Waals surface area contributed by atoms with Gasteiger partial charge in [-0.05, 0) is 37.4 Å². The third-order valence-corrected chi connectivity index (χ3v) is 3.11. The van der Waals surface area contributed by atoms with Crippen LogP contribution in [-0.2, 0) is 4.74 Å². The van der Waals surface area contributed by atoms with E-state index in [4.69, 9.17) is 10.5 Å². The Morgan fingerprint density at radius 2 is 1.95 bits per heavy atom. The molecule has 2 N–H and O–H groups in total. The normalized spacial score (nSPS) is 20.9. The van der Waals surface area contributed by atoms with Crippen LogP contribution in [0.2, 0.25) is 0 Å². The minimum Gasteiger partial charge on any atom is -0.459 e. The summed E-state index contributed by atoms with van der Waals surface area (Å²) in [5.41, 5.74) is 5.77. The summed E-state index contributed by atoms with van der Waals surface area (Å²) in [6, 6.07) is 5.39. The number of carbonyl (C=O) groups is 1. The first-order valence-corrected chi connectivity index (χ1v) is 5.75. The SMILES string of the molecule is Cl.NCC1CC(OC(=O)c2ccc([N+](=O)[O-])cc2)C1. The highest BCUT2D eigenvalue weighted by Gasteiger charge is 2.31. The highest BCUT2D eigenvalue weighted by atomic mass is 35.5. The second kappa shape index (κ2) is 6.49. The number of hydrogen-bond donors (Lipinski definition) is 1. The van der Waals surface area contributed by atoms with Crippen molar-refractivity contribution >= 4 is 24.1 Å². The number of non-ortho nitro benzene ring substituents is 1. The summed E-state index contributed by atoms with van der Waals surface area (Å²) >= 11 is 0. The second-order valence-corrected chi connectivity index (χ2v) is 4.40. The number of carbonyl (C=O) groups excluding carboxylic acids is 1. The Hall–Kier alpha value is -1.66. The van der Waals surface area contributed by atoms with Gasteiger partial charge in [0.2, 0.25) is 0 Å². The van der Waals surface area contributed by atoms with Gasteiger partial charge >= 0.3 is 5.97 Å². The fourth-order valence-corrected chi connectivity index (χ4v) is 1.90. The monoisotopic (exact) mass is 286 g/mol. The quantitative estimate of drug-likeness (QED) is 0.518. The van der Waals surface area contributed by atoms with E-state index in [-0.39, 0.29) is 24.2 Å². The fourth-order valence-electron chi connectivity index (χ4n) is 1.90. The van der Waals surface area contributed by atoms with Crippen molar-refractivity contribution in [1.29, 1.82) is 0 Å². The molecule has 0 unspecified atom stereocenters. The Morgan fingerprint density at radius 1 is 1.37 bits per heavy atom. The van der Waals surface area contributed by atoms with E-state index in [1.807, 2.05) is 0 Å². The van der Waals surface area contributed by atoms with Crippen LogP contribution in [-0.4, -0.2) is 23.5 Å². The van der Waals surface area contributed by atoms with Gasteiger partial charge < -0.3 is 10.5 Å². The molecule has 1 aromatic rings. The summed E-state index contributed by atoms with van der Waals surface area (Å²) < 4.78 is 5.24. The van der Waals surface area contributed by atoms with Crippen molar-refractivity contribution in [2.24, 2.45) is 11.7 Å².